The highest BCUT2D eigenvalue weighted by atomic mass is 16.3. The molecular weight excluding hydrogens is 909 g/mol. The number of carbonyl (C=O) groups is 12. The molecule has 17 N–H and O–H groups in total. The van der Waals surface area contributed by atoms with Crippen LogP contribution in [-0.4, -0.2) is 143 Å². The lowest BCUT2D eigenvalue weighted by Crippen LogP contribution is -2.61. The highest BCUT2D eigenvalue weighted by Crippen LogP contribution is 2.41. The lowest BCUT2D eigenvalue weighted by Gasteiger charge is -2.29. The van der Waals surface area contributed by atoms with Crippen molar-refractivity contribution in [2.45, 2.75) is 121 Å². The fraction of sp³-hybridized carbons (Fsp3) is 0.581. The number of hydrogen-bond acceptors (Lipinski definition) is 14. The standard InChI is InChI=1S/C43H64N12O14/c1-4-20(2)35-43(69)51-26(9-10-30(44)58)39(65)52-28(17-31(45)59)40(66)53-29(18-48-33(61)11-12-34(62)50-27(41(67)54-35)15-22-5-7-24(57)8-6-22)38(64)47-14-13-23-16-25(23)37(63)55-36(21(3)56)42(68)49-19-32(46)60/h5-8,20-21,23,25-29,35-36,56-57H,4,9-19H2,1-3H3,(H2,44,58)(H2,45,59)(H2,46,60)(H,47,64)(H,48,61)(H,49,68)(H,50,62)(H,51,69)(H,52,65)(H,53,66)(H,54,67)(H,55,63)/t20-,21+,23?,25-,26-,27-,28-,29-,35-,36-/m0/s1. The molecule has 2 aliphatic rings. The van der Waals surface area contributed by atoms with Gasteiger partial charge in [-0.1, -0.05) is 32.4 Å². The van der Waals surface area contributed by atoms with Crippen molar-refractivity contribution in [3.05, 3.63) is 29.8 Å². The normalized spacial score (nSPS) is 24.1. The highest BCUT2D eigenvalue weighted by molar-refractivity contribution is 5.98. The van der Waals surface area contributed by atoms with E-state index in [1.807, 2.05) is 0 Å². The van der Waals surface area contributed by atoms with Crippen molar-refractivity contribution in [1.82, 2.24) is 47.9 Å². The van der Waals surface area contributed by atoms with Crippen molar-refractivity contribution in [3.8, 4) is 5.75 Å². The van der Waals surface area contributed by atoms with Crippen LogP contribution in [0.4, 0.5) is 0 Å². The number of aromatic hydroxyl groups is 1. The molecule has 0 aromatic heterocycles. The molecule has 2 fully saturated rings. The van der Waals surface area contributed by atoms with Crippen LogP contribution < -0.4 is 65.1 Å². The zero-order chi connectivity index (χ0) is 51.5. The lowest BCUT2D eigenvalue weighted by atomic mass is 9.96. The molecule has 3 rings (SSSR count). The van der Waals surface area contributed by atoms with Gasteiger partial charge in [0.25, 0.3) is 0 Å². The highest BCUT2D eigenvalue weighted by Gasteiger charge is 2.44. The molecule has 1 saturated heterocycles. The van der Waals surface area contributed by atoms with Crippen molar-refractivity contribution in [2.75, 3.05) is 19.6 Å². The van der Waals surface area contributed by atoms with E-state index in [1.165, 1.54) is 31.2 Å². The van der Waals surface area contributed by atoms with E-state index in [9.17, 15) is 67.7 Å². The molecular formula is C43H64N12O14. The molecule has 1 heterocycles. The van der Waals surface area contributed by atoms with Gasteiger partial charge in [-0.3, -0.25) is 57.5 Å². The summed E-state index contributed by atoms with van der Waals surface area (Å²) in [6.07, 6.45) is -3.21. The van der Waals surface area contributed by atoms with E-state index in [2.05, 4.69) is 47.9 Å². The second-order valence-electron chi connectivity index (χ2n) is 17.1. The van der Waals surface area contributed by atoms with Gasteiger partial charge >= 0.3 is 0 Å². The summed E-state index contributed by atoms with van der Waals surface area (Å²) in [7, 11) is 0. The molecule has 1 aromatic carbocycles. The Bertz CT molecular complexity index is 2090. The van der Waals surface area contributed by atoms with Gasteiger partial charge in [0.1, 0.15) is 42.0 Å². The number of carbonyl (C=O) groups excluding carboxylic acids is 12. The molecule has 1 saturated carbocycles. The third kappa shape index (κ3) is 19.0. The number of aliphatic hydroxyl groups excluding tert-OH is 1. The number of phenols is 1. The lowest BCUT2D eigenvalue weighted by molar-refractivity contribution is -0.136. The second-order valence-corrected chi connectivity index (χ2v) is 17.1. The Morgan fingerprint density at radius 3 is 1.96 bits per heavy atom. The van der Waals surface area contributed by atoms with Gasteiger partial charge in [-0.15, -0.1) is 0 Å². The van der Waals surface area contributed by atoms with Crippen LogP contribution in [0.1, 0.15) is 77.7 Å². The van der Waals surface area contributed by atoms with E-state index in [-0.39, 0.29) is 31.1 Å². The average Bonchev–Trinajstić information content (AvgIpc) is 4.07. The Hall–Kier alpha value is -7.38. The van der Waals surface area contributed by atoms with Gasteiger partial charge in [-0.2, -0.15) is 0 Å². The van der Waals surface area contributed by atoms with Crippen molar-refractivity contribution in [2.24, 2.45) is 35.0 Å². The van der Waals surface area contributed by atoms with E-state index < -0.39 is 170 Å². The van der Waals surface area contributed by atoms with Crippen molar-refractivity contribution in [1.29, 1.82) is 0 Å². The first-order valence-corrected chi connectivity index (χ1v) is 22.4. The molecule has 0 spiro atoms. The number of hydrogen-bond donors (Lipinski definition) is 14. The number of aliphatic hydroxyl groups is 1. The summed E-state index contributed by atoms with van der Waals surface area (Å²) in [5, 5.41) is 41.9. The van der Waals surface area contributed by atoms with Crippen molar-refractivity contribution >= 4 is 70.9 Å². The van der Waals surface area contributed by atoms with Gasteiger partial charge in [-0.05, 0) is 55.7 Å². The number of primary amides is 3. The Labute approximate surface area is 396 Å². The first-order chi connectivity index (χ1) is 32.5. The molecule has 1 aromatic rings. The zero-order valence-corrected chi connectivity index (χ0v) is 38.6. The van der Waals surface area contributed by atoms with Gasteiger partial charge in [0, 0.05) is 44.7 Å². The molecule has 1 aliphatic carbocycles. The molecule has 26 nitrogen and oxygen atoms in total. The van der Waals surface area contributed by atoms with Crippen LogP contribution in [0.15, 0.2) is 24.3 Å². The van der Waals surface area contributed by atoms with E-state index in [0.29, 0.717) is 18.4 Å². The summed E-state index contributed by atoms with van der Waals surface area (Å²) < 4.78 is 0. The number of amides is 12. The van der Waals surface area contributed by atoms with Crippen LogP contribution in [0.2, 0.25) is 0 Å². The van der Waals surface area contributed by atoms with Gasteiger partial charge in [0.05, 0.1) is 19.1 Å². The fourth-order valence-electron chi connectivity index (χ4n) is 7.15. The van der Waals surface area contributed by atoms with Gasteiger partial charge in [-0.25, -0.2) is 0 Å². The molecule has 10 atom stereocenters. The Morgan fingerprint density at radius 2 is 1.35 bits per heavy atom. The van der Waals surface area contributed by atoms with E-state index in [4.69, 9.17) is 17.2 Å². The van der Waals surface area contributed by atoms with Gasteiger partial charge in [0.2, 0.25) is 70.9 Å². The molecule has 26 heteroatoms. The first-order valence-electron chi connectivity index (χ1n) is 22.4. The number of nitrogens with two attached hydrogens (primary N) is 3. The minimum atomic E-state index is -1.79. The molecule has 380 valence electrons. The summed E-state index contributed by atoms with van der Waals surface area (Å²) in [6.45, 7) is 3.43. The van der Waals surface area contributed by atoms with Crippen molar-refractivity contribution in [3.63, 3.8) is 0 Å². The van der Waals surface area contributed by atoms with Crippen LogP contribution in [-0.2, 0) is 64.0 Å². The fourth-order valence-corrected chi connectivity index (χ4v) is 7.15. The maximum atomic E-state index is 14.0. The third-order valence-corrected chi connectivity index (χ3v) is 11.5. The first kappa shape index (κ1) is 55.9. The molecule has 12 amide bonds. The smallest absolute Gasteiger partial charge is 0.245 e. The molecule has 1 unspecified atom stereocenters. The molecule has 1 aliphatic heterocycles. The third-order valence-electron chi connectivity index (χ3n) is 11.5. The van der Waals surface area contributed by atoms with Crippen LogP contribution >= 0.6 is 0 Å². The van der Waals surface area contributed by atoms with Crippen LogP contribution in [0.25, 0.3) is 0 Å². The minimum Gasteiger partial charge on any atom is -0.508 e. The number of phenolic OH excluding ortho intramolecular Hbond substituents is 1. The summed E-state index contributed by atoms with van der Waals surface area (Å²) in [5.74, 6) is -12.1. The Morgan fingerprint density at radius 1 is 0.725 bits per heavy atom. The molecule has 0 bridgehead atoms. The number of benzene rings is 1. The predicted molar refractivity (Wildman–Crippen MR) is 240 cm³/mol. The van der Waals surface area contributed by atoms with E-state index >= 15 is 0 Å². The molecule has 0 radical (unpaired) electrons. The monoisotopic (exact) mass is 972 g/mol. The van der Waals surface area contributed by atoms with Gasteiger partial charge < -0.3 is 75.3 Å². The summed E-state index contributed by atoms with van der Waals surface area (Å²) >= 11 is 0. The van der Waals surface area contributed by atoms with Gasteiger partial charge in [0.15, 0.2) is 0 Å². The second kappa shape index (κ2) is 26.8. The average molecular weight is 973 g/mol. The van der Waals surface area contributed by atoms with Crippen LogP contribution in [0, 0.1) is 17.8 Å². The van der Waals surface area contributed by atoms with E-state index in [0.717, 1.165) is 0 Å². The predicted octanol–water partition coefficient (Wildman–Crippen LogP) is -5.93. The number of rotatable bonds is 19. The Kier molecular flexibility index (Phi) is 21.8. The maximum Gasteiger partial charge on any atom is 0.245 e. The van der Waals surface area contributed by atoms with Crippen molar-refractivity contribution < 1.29 is 67.7 Å². The maximum absolute atomic E-state index is 14.0. The summed E-state index contributed by atoms with van der Waals surface area (Å²) in [5.41, 5.74) is 16.3. The SMILES string of the molecule is CC[C@H](C)[C@@H]1NC(=O)[C@H](Cc2ccc(O)cc2)NC(=O)CCC(=O)NC[C@@H](C(=O)NCCC2C[C@@H]2C(=O)N[C@H](C(=O)NCC(N)=O)[C@@H](C)O)NC(=O)[C@H](CC(N)=O)NC(=O)[C@H](CCC(N)=O)NC1=O. The minimum absolute atomic E-state index is 0.0645. The quantitative estimate of drug-likeness (QED) is 0.0614. The zero-order valence-electron chi connectivity index (χ0n) is 38.6. The Balaban J connectivity index is 1.88. The number of nitrogens with one attached hydrogen (secondary N) is 9. The topological polar surface area (TPSA) is 432 Å². The summed E-state index contributed by atoms with van der Waals surface area (Å²) in [4.78, 5) is 156. The van der Waals surface area contributed by atoms with Crippen LogP contribution in [0.3, 0.4) is 0 Å². The largest absolute Gasteiger partial charge is 0.508 e. The molecule has 69 heavy (non-hydrogen) atoms. The van der Waals surface area contributed by atoms with Crippen LogP contribution in [0.5, 0.6) is 5.75 Å². The summed E-state index contributed by atoms with van der Waals surface area (Å²) in [6, 6.07) is -3.30. The van der Waals surface area contributed by atoms with E-state index in [1.54, 1.807) is 13.8 Å².